The molecular formula is C20H23FN4OS. The molecule has 1 heterocycles. The van der Waals surface area contributed by atoms with E-state index in [1.54, 1.807) is 12.1 Å². The molecule has 0 saturated carbocycles. The van der Waals surface area contributed by atoms with Gasteiger partial charge >= 0.3 is 0 Å². The number of hydrogen-bond acceptors (Lipinski definition) is 4. The summed E-state index contributed by atoms with van der Waals surface area (Å²) in [4.78, 5) is 2.31. The van der Waals surface area contributed by atoms with E-state index in [1.807, 2.05) is 6.92 Å². The molecule has 27 heavy (non-hydrogen) atoms. The maximum absolute atomic E-state index is 12.9. The Morgan fingerprint density at radius 2 is 1.78 bits per heavy atom. The average Bonchev–Trinajstić information content (AvgIpc) is 2.72. The molecule has 1 aliphatic rings. The molecule has 1 fully saturated rings. The minimum Gasteiger partial charge on any atom is -0.378 e. The van der Waals surface area contributed by atoms with Crippen molar-refractivity contribution in [2.45, 2.75) is 13.5 Å². The van der Waals surface area contributed by atoms with Gasteiger partial charge in [-0.05, 0) is 54.5 Å². The Hall–Kier alpha value is -2.51. The fourth-order valence-corrected chi connectivity index (χ4v) is 2.88. The van der Waals surface area contributed by atoms with Crippen LogP contribution in [0.3, 0.4) is 0 Å². The fourth-order valence-electron chi connectivity index (χ4n) is 2.76. The van der Waals surface area contributed by atoms with Gasteiger partial charge in [-0.25, -0.2) is 4.39 Å². The van der Waals surface area contributed by atoms with E-state index in [1.165, 1.54) is 17.8 Å². The van der Waals surface area contributed by atoms with Gasteiger partial charge in [-0.3, -0.25) is 5.43 Å². The molecule has 0 bridgehead atoms. The van der Waals surface area contributed by atoms with Gasteiger partial charge in [0.2, 0.25) is 0 Å². The Bertz CT molecular complexity index is 787. The van der Waals surface area contributed by atoms with E-state index < -0.39 is 0 Å². The maximum atomic E-state index is 12.9. The number of morpholine rings is 1. The van der Waals surface area contributed by atoms with Crippen molar-refractivity contribution in [1.82, 2.24) is 10.7 Å². The summed E-state index contributed by atoms with van der Waals surface area (Å²) < 4.78 is 18.3. The zero-order valence-corrected chi connectivity index (χ0v) is 16.1. The second kappa shape index (κ2) is 9.43. The third-order valence-corrected chi connectivity index (χ3v) is 4.59. The highest BCUT2D eigenvalue weighted by Gasteiger charge is 2.11. The van der Waals surface area contributed by atoms with Crippen LogP contribution in [0, 0.1) is 5.82 Å². The summed E-state index contributed by atoms with van der Waals surface area (Å²) in [5, 5.41) is 7.80. The lowest BCUT2D eigenvalue weighted by molar-refractivity contribution is 0.122. The molecule has 0 spiro atoms. The third kappa shape index (κ3) is 5.74. The molecule has 0 aromatic heterocycles. The molecule has 0 unspecified atom stereocenters. The van der Waals surface area contributed by atoms with E-state index >= 15 is 0 Å². The van der Waals surface area contributed by atoms with Crippen LogP contribution >= 0.6 is 12.2 Å². The predicted octanol–water partition coefficient (Wildman–Crippen LogP) is 3.05. The Kier molecular flexibility index (Phi) is 6.73. The number of nitrogens with zero attached hydrogens (tertiary/aromatic N) is 2. The van der Waals surface area contributed by atoms with E-state index in [0.717, 1.165) is 43.1 Å². The molecular weight excluding hydrogens is 363 g/mol. The predicted molar refractivity (Wildman–Crippen MR) is 111 cm³/mol. The van der Waals surface area contributed by atoms with Gasteiger partial charge in [-0.15, -0.1) is 0 Å². The summed E-state index contributed by atoms with van der Waals surface area (Å²) in [7, 11) is 0. The SMILES string of the molecule is C/C(=N/NC(=S)NCc1ccc(F)cc1)c1ccc(N2CCOCC2)cc1. The van der Waals surface area contributed by atoms with Crippen molar-refractivity contribution in [2.24, 2.45) is 5.10 Å². The zero-order chi connectivity index (χ0) is 19.1. The van der Waals surface area contributed by atoms with Crippen LogP contribution in [0.5, 0.6) is 0 Å². The number of benzene rings is 2. The molecule has 2 aromatic carbocycles. The van der Waals surface area contributed by atoms with Crippen LogP contribution in [0.15, 0.2) is 53.6 Å². The largest absolute Gasteiger partial charge is 0.378 e. The molecule has 1 aliphatic heterocycles. The van der Waals surface area contributed by atoms with Gasteiger partial charge in [-0.1, -0.05) is 24.3 Å². The lowest BCUT2D eigenvalue weighted by Crippen LogP contribution is -2.36. The van der Waals surface area contributed by atoms with Gasteiger partial charge in [0.1, 0.15) is 5.82 Å². The molecule has 0 amide bonds. The minimum atomic E-state index is -0.251. The minimum absolute atomic E-state index is 0.251. The van der Waals surface area contributed by atoms with Crippen LogP contribution in [0.25, 0.3) is 0 Å². The number of nitrogens with one attached hydrogen (secondary N) is 2. The van der Waals surface area contributed by atoms with Crippen LogP contribution in [0.1, 0.15) is 18.1 Å². The van der Waals surface area contributed by atoms with Gasteiger partial charge in [0, 0.05) is 25.3 Å². The van der Waals surface area contributed by atoms with Gasteiger partial charge in [0.25, 0.3) is 0 Å². The Labute approximate surface area is 164 Å². The van der Waals surface area contributed by atoms with Crippen molar-refractivity contribution in [3.05, 3.63) is 65.5 Å². The van der Waals surface area contributed by atoms with E-state index in [9.17, 15) is 4.39 Å². The van der Waals surface area contributed by atoms with Crippen LogP contribution in [-0.2, 0) is 11.3 Å². The molecule has 142 valence electrons. The molecule has 5 nitrogen and oxygen atoms in total. The van der Waals surface area contributed by atoms with Gasteiger partial charge in [0.05, 0.1) is 18.9 Å². The van der Waals surface area contributed by atoms with Crippen molar-refractivity contribution in [2.75, 3.05) is 31.2 Å². The molecule has 2 aromatic rings. The second-order valence-corrected chi connectivity index (χ2v) is 6.67. The highest BCUT2D eigenvalue weighted by Crippen LogP contribution is 2.17. The van der Waals surface area contributed by atoms with Gasteiger partial charge in [-0.2, -0.15) is 5.10 Å². The van der Waals surface area contributed by atoms with E-state index in [0.29, 0.717) is 11.7 Å². The topological polar surface area (TPSA) is 48.9 Å². The first-order valence-corrected chi connectivity index (χ1v) is 9.28. The standard InChI is InChI=1S/C20H23FN4OS/c1-15(17-4-8-19(9-5-17)25-10-12-26-13-11-25)23-24-20(27)22-14-16-2-6-18(21)7-3-16/h2-9H,10-14H2,1H3,(H2,22,24,27)/b23-15-. The number of rotatable bonds is 5. The highest BCUT2D eigenvalue weighted by molar-refractivity contribution is 7.80. The smallest absolute Gasteiger partial charge is 0.187 e. The Balaban J connectivity index is 1.50. The van der Waals surface area contributed by atoms with E-state index in [4.69, 9.17) is 17.0 Å². The number of hydrogen-bond donors (Lipinski definition) is 2. The van der Waals surface area contributed by atoms with Crippen molar-refractivity contribution >= 4 is 28.7 Å². The average molecular weight is 386 g/mol. The van der Waals surface area contributed by atoms with Crippen molar-refractivity contribution in [1.29, 1.82) is 0 Å². The Morgan fingerprint density at radius 1 is 1.11 bits per heavy atom. The number of halogens is 1. The number of thiocarbonyl (C=S) groups is 1. The highest BCUT2D eigenvalue weighted by atomic mass is 32.1. The van der Waals surface area contributed by atoms with E-state index in [2.05, 4.69) is 45.0 Å². The van der Waals surface area contributed by atoms with Crippen LogP contribution in [0.4, 0.5) is 10.1 Å². The van der Waals surface area contributed by atoms with Crippen molar-refractivity contribution in [3.8, 4) is 0 Å². The van der Waals surface area contributed by atoms with Crippen molar-refractivity contribution in [3.63, 3.8) is 0 Å². The maximum Gasteiger partial charge on any atom is 0.187 e. The Morgan fingerprint density at radius 3 is 2.44 bits per heavy atom. The first-order chi connectivity index (χ1) is 13.1. The molecule has 3 rings (SSSR count). The van der Waals surface area contributed by atoms with Gasteiger partial charge < -0.3 is 15.0 Å². The fraction of sp³-hybridized carbons (Fsp3) is 0.300. The molecule has 7 heteroatoms. The first kappa shape index (κ1) is 19.3. The second-order valence-electron chi connectivity index (χ2n) is 6.26. The molecule has 1 saturated heterocycles. The zero-order valence-electron chi connectivity index (χ0n) is 15.2. The summed E-state index contributed by atoms with van der Waals surface area (Å²) in [6.07, 6.45) is 0. The van der Waals surface area contributed by atoms with Crippen LogP contribution < -0.4 is 15.6 Å². The molecule has 0 radical (unpaired) electrons. The lowest BCUT2D eigenvalue weighted by atomic mass is 10.1. The normalized spacial score (nSPS) is 14.7. The molecule has 0 aliphatic carbocycles. The quantitative estimate of drug-likeness (QED) is 0.470. The first-order valence-electron chi connectivity index (χ1n) is 8.87. The van der Waals surface area contributed by atoms with Crippen LogP contribution in [0.2, 0.25) is 0 Å². The lowest BCUT2D eigenvalue weighted by Gasteiger charge is -2.28. The molecule has 0 atom stereocenters. The third-order valence-electron chi connectivity index (χ3n) is 4.35. The number of hydrazone groups is 1. The number of ether oxygens (including phenoxy) is 1. The summed E-state index contributed by atoms with van der Waals surface area (Å²) >= 11 is 5.23. The van der Waals surface area contributed by atoms with Gasteiger partial charge in [0.15, 0.2) is 5.11 Å². The number of anilines is 1. The summed E-state index contributed by atoms with van der Waals surface area (Å²) in [6.45, 7) is 5.82. The van der Waals surface area contributed by atoms with E-state index in [-0.39, 0.29) is 5.82 Å². The monoisotopic (exact) mass is 386 g/mol. The summed E-state index contributed by atoms with van der Waals surface area (Å²) in [6, 6.07) is 14.6. The summed E-state index contributed by atoms with van der Waals surface area (Å²) in [5.41, 5.74) is 6.86. The summed E-state index contributed by atoms with van der Waals surface area (Å²) in [5.74, 6) is -0.251. The van der Waals surface area contributed by atoms with Crippen molar-refractivity contribution < 1.29 is 9.13 Å². The van der Waals surface area contributed by atoms with Crippen LogP contribution in [-0.4, -0.2) is 37.1 Å². The molecule has 2 N–H and O–H groups in total.